The number of carbonyl (C=O) groups is 2. The van der Waals surface area contributed by atoms with Crippen LogP contribution in [0.2, 0.25) is 0 Å². The van der Waals surface area contributed by atoms with Gasteiger partial charge in [-0.05, 0) is 29.3 Å². The minimum Gasteiger partial charge on any atom is -0.287 e. The number of thioether (sulfide) groups is 2. The molecule has 94 valence electrons. The van der Waals surface area contributed by atoms with Gasteiger partial charge in [0.25, 0.3) is 0 Å². The third-order valence-corrected chi connectivity index (χ3v) is 6.20. The number of hydrogen-bond donors (Lipinski definition) is 0. The van der Waals surface area contributed by atoms with Crippen molar-refractivity contribution in [2.45, 2.75) is 23.0 Å². The molecule has 0 aliphatic heterocycles. The number of thiophene rings is 2. The van der Waals surface area contributed by atoms with Crippen molar-refractivity contribution in [3.63, 3.8) is 0 Å². The Labute approximate surface area is 122 Å². The van der Waals surface area contributed by atoms with Gasteiger partial charge in [-0.3, -0.25) is 9.59 Å². The van der Waals surface area contributed by atoms with Crippen LogP contribution in [0.25, 0.3) is 9.75 Å². The predicted molar refractivity (Wildman–Crippen MR) is 80.7 cm³/mol. The van der Waals surface area contributed by atoms with Gasteiger partial charge in [-0.15, -0.1) is 22.7 Å². The lowest BCUT2D eigenvalue weighted by Gasteiger charge is -1.96. The minimum atomic E-state index is 0.0379. The second-order valence-corrected chi connectivity index (χ2v) is 8.09. The highest BCUT2D eigenvalue weighted by atomic mass is 32.2. The van der Waals surface area contributed by atoms with Gasteiger partial charge in [0.15, 0.2) is 10.2 Å². The smallest absolute Gasteiger partial charge is 0.191 e. The summed E-state index contributed by atoms with van der Waals surface area (Å²) in [5.41, 5.74) is 0. The fourth-order valence-electron chi connectivity index (χ4n) is 1.33. The van der Waals surface area contributed by atoms with Gasteiger partial charge in [0.2, 0.25) is 0 Å². The topological polar surface area (TPSA) is 34.1 Å². The van der Waals surface area contributed by atoms with Gasteiger partial charge >= 0.3 is 0 Å². The molecule has 18 heavy (non-hydrogen) atoms. The van der Waals surface area contributed by atoms with Crippen molar-refractivity contribution in [1.29, 1.82) is 0 Å². The monoisotopic (exact) mass is 314 g/mol. The molecule has 0 amide bonds. The SMILES string of the molecule is CC(=O)Sc1cc(-c2cccs2)sc1SC(C)=O. The van der Waals surface area contributed by atoms with E-state index in [4.69, 9.17) is 0 Å². The Bertz CT molecular complexity index is 535. The van der Waals surface area contributed by atoms with Gasteiger partial charge in [-0.25, -0.2) is 0 Å². The molecule has 2 rings (SSSR count). The van der Waals surface area contributed by atoms with Gasteiger partial charge in [-0.1, -0.05) is 17.8 Å². The summed E-state index contributed by atoms with van der Waals surface area (Å²) in [4.78, 5) is 25.6. The summed E-state index contributed by atoms with van der Waals surface area (Å²) >= 11 is 5.61. The largest absolute Gasteiger partial charge is 0.287 e. The van der Waals surface area contributed by atoms with E-state index < -0.39 is 0 Å². The number of rotatable bonds is 3. The molecule has 0 atom stereocenters. The molecule has 0 bridgehead atoms. The van der Waals surface area contributed by atoms with Crippen molar-refractivity contribution in [2.24, 2.45) is 0 Å². The highest BCUT2D eigenvalue weighted by molar-refractivity contribution is 8.17. The standard InChI is InChI=1S/C12H10O2S4/c1-7(13)16-11-6-10(9-4-3-5-15-9)18-12(11)17-8(2)14/h3-6H,1-2H3. The molecular weight excluding hydrogens is 304 g/mol. The maximum Gasteiger partial charge on any atom is 0.191 e. The molecule has 6 heteroatoms. The van der Waals surface area contributed by atoms with E-state index in [1.54, 1.807) is 22.7 Å². The molecule has 0 spiro atoms. The van der Waals surface area contributed by atoms with Gasteiger partial charge in [0.1, 0.15) is 0 Å². The molecule has 0 N–H and O–H groups in total. The molecule has 0 fully saturated rings. The Balaban J connectivity index is 2.36. The second-order valence-electron chi connectivity index (χ2n) is 3.43. The maximum atomic E-state index is 11.2. The average Bonchev–Trinajstić information content (AvgIpc) is 2.86. The van der Waals surface area contributed by atoms with E-state index in [9.17, 15) is 9.59 Å². The van der Waals surface area contributed by atoms with Crippen molar-refractivity contribution < 1.29 is 9.59 Å². The molecule has 2 nitrogen and oxygen atoms in total. The van der Waals surface area contributed by atoms with Crippen molar-refractivity contribution in [2.75, 3.05) is 0 Å². The summed E-state index contributed by atoms with van der Waals surface area (Å²) in [6, 6.07) is 6.03. The van der Waals surface area contributed by atoms with Gasteiger partial charge < -0.3 is 0 Å². The van der Waals surface area contributed by atoms with E-state index in [0.717, 1.165) is 14.0 Å². The third kappa shape index (κ3) is 3.47. The molecule has 2 aromatic rings. The summed E-state index contributed by atoms with van der Waals surface area (Å²) in [6.45, 7) is 3.08. The van der Waals surface area contributed by atoms with Crippen LogP contribution in [0.3, 0.4) is 0 Å². The number of carbonyl (C=O) groups excluding carboxylic acids is 2. The van der Waals surface area contributed by atoms with E-state index in [-0.39, 0.29) is 10.2 Å². The molecule has 0 saturated carbocycles. The Kier molecular flexibility index (Phi) is 4.66. The first-order valence-electron chi connectivity index (χ1n) is 5.11. The normalized spacial score (nSPS) is 10.6. The van der Waals surface area contributed by atoms with Gasteiger partial charge in [0.05, 0.1) is 4.21 Å². The van der Waals surface area contributed by atoms with Crippen molar-refractivity contribution in [1.82, 2.24) is 0 Å². The summed E-state index contributed by atoms with van der Waals surface area (Å²) in [6.07, 6.45) is 0. The van der Waals surface area contributed by atoms with E-state index in [1.165, 1.54) is 42.2 Å². The van der Waals surface area contributed by atoms with E-state index in [0.29, 0.717) is 0 Å². The van der Waals surface area contributed by atoms with Crippen LogP contribution in [0.5, 0.6) is 0 Å². The van der Waals surface area contributed by atoms with E-state index in [2.05, 4.69) is 0 Å². The summed E-state index contributed by atoms with van der Waals surface area (Å²) in [7, 11) is 0. The van der Waals surface area contributed by atoms with Gasteiger partial charge in [0, 0.05) is 28.5 Å². The van der Waals surface area contributed by atoms with Crippen LogP contribution in [0.4, 0.5) is 0 Å². The van der Waals surface area contributed by atoms with Crippen LogP contribution in [-0.4, -0.2) is 10.2 Å². The molecule has 0 radical (unpaired) electrons. The molecular formula is C12H10O2S4. The van der Waals surface area contributed by atoms with Crippen LogP contribution in [0.1, 0.15) is 13.8 Å². The summed E-state index contributed by atoms with van der Waals surface area (Å²) in [5, 5.41) is 2.10. The Morgan fingerprint density at radius 3 is 2.39 bits per heavy atom. The van der Waals surface area contributed by atoms with Crippen LogP contribution < -0.4 is 0 Å². The highest BCUT2D eigenvalue weighted by Crippen LogP contribution is 2.43. The Morgan fingerprint density at radius 2 is 1.83 bits per heavy atom. The predicted octanol–water partition coefficient (Wildman–Crippen LogP) is 4.75. The lowest BCUT2D eigenvalue weighted by Crippen LogP contribution is -1.82. The van der Waals surface area contributed by atoms with Gasteiger partial charge in [-0.2, -0.15) is 0 Å². The first-order chi connectivity index (χ1) is 8.56. The maximum absolute atomic E-state index is 11.2. The Hall–Kier alpha value is -0.560. The van der Waals surface area contributed by atoms with Crippen LogP contribution >= 0.6 is 46.2 Å². The zero-order valence-corrected chi connectivity index (χ0v) is 13.0. The van der Waals surface area contributed by atoms with Crippen LogP contribution in [-0.2, 0) is 9.59 Å². The Morgan fingerprint density at radius 1 is 1.11 bits per heavy atom. The minimum absolute atomic E-state index is 0.0379. The lowest BCUT2D eigenvalue weighted by atomic mass is 10.4. The van der Waals surface area contributed by atoms with E-state index >= 15 is 0 Å². The molecule has 2 aromatic heterocycles. The van der Waals surface area contributed by atoms with Crippen molar-refractivity contribution >= 4 is 56.4 Å². The average molecular weight is 314 g/mol. The van der Waals surface area contributed by atoms with Crippen LogP contribution in [0, 0.1) is 0 Å². The molecule has 0 aliphatic carbocycles. The summed E-state index contributed by atoms with van der Waals surface area (Å²) < 4.78 is 0.908. The fraction of sp³-hybridized carbons (Fsp3) is 0.167. The third-order valence-electron chi connectivity index (χ3n) is 1.92. The molecule has 2 heterocycles. The molecule has 0 unspecified atom stereocenters. The fourth-order valence-corrected chi connectivity index (χ4v) is 5.29. The van der Waals surface area contributed by atoms with Crippen molar-refractivity contribution in [3.8, 4) is 9.75 Å². The van der Waals surface area contributed by atoms with E-state index in [1.807, 2.05) is 23.6 Å². The molecule has 0 aliphatic rings. The molecule has 0 aromatic carbocycles. The lowest BCUT2D eigenvalue weighted by molar-refractivity contribution is -0.110. The summed E-state index contributed by atoms with van der Waals surface area (Å²) in [5.74, 6) is 0. The second kappa shape index (κ2) is 6.06. The van der Waals surface area contributed by atoms with Crippen molar-refractivity contribution in [3.05, 3.63) is 23.6 Å². The zero-order valence-electron chi connectivity index (χ0n) is 9.76. The quantitative estimate of drug-likeness (QED) is 0.765. The van der Waals surface area contributed by atoms with Crippen LogP contribution in [0.15, 0.2) is 32.7 Å². The zero-order chi connectivity index (χ0) is 13.1. The first-order valence-corrected chi connectivity index (χ1v) is 8.43. The molecule has 0 saturated heterocycles. The first kappa shape index (κ1) is 13.9. The highest BCUT2D eigenvalue weighted by Gasteiger charge is 2.15. The number of hydrogen-bond acceptors (Lipinski definition) is 6.